The molecule has 0 aromatic carbocycles. The van der Waals surface area contributed by atoms with Crippen LogP contribution in [0.4, 0.5) is 0 Å². The van der Waals surface area contributed by atoms with Crippen LogP contribution in [0.25, 0.3) is 17.3 Å². The number of unbranched alkanes of at least 4 members (excludes halogenated alkanes) is 1. The van der Waals surface area contributed by atoms with Crippen LogP contribution < -0.4 is 0 Å². The fraction of sp³-hybridized carbons (Fsp3) is 0.586. The smallest absolute Gasteiger partial charge is 0.0753 e. The normalized spacial score (nSPS) is 9.47. The lowest BCUT2D eigenvalue weighted by molar-refractivity contribution is 0.399. The molecule has 0 aliphatic heterocycles. The fourth-order valence-electron chi connectivity index (χ4n) is 2.67. The first-order valence-corrected chi connectivity index (χ1v) is 12.4. The van der Waals surface area contributed by atoms with Gasteiger partial charge in [-0.25, -0.2) is 0 Å². The molecule has 2 aromatic rings. The van der Waals surface area contributed by atoms with E-state index in [-0.39, 0.29) is 0 Å². The van der Waals surface area contributed by atoms with Gasteiger partial charge in [0.25, 0.3) is 0 Å². The molecule has 0 radical (unpaired) electrons. The number of nitrogens with zero attached hydrogens (tertiary/aromatic N) is 2. The average molecular weight is 445 g/mol. The van der Waals surface area contributed by atoms with Crippen LogP contribution in [0.3, 0.4) is 0 Å². The van der Waals surface area contributed by atoms with Crippen LogP contribution in [0.2, 0.25) is 0 Å². The molecule has 32 heavy (non-hydrogen) atoms. The highest BCUT2D eigenvalue weighted by Crippen LogP contribution is 2.28. The summed E-state index contributed by atoms with van der Waals surface area (Å²) < 4.78 is 0. The molecule has 0 aliphatic carbocycles. The number of aliphatic hydroxyl groups excluding tert-OH is 1. The van der Waals surface area contributed by atoms with E-state index in [1.165, 1.54) is 29.5 Å². The molecule has 0 spiro atoms. The Labute approximate surface area is 200 Å². The standard InChI is InChI=1S/C20H26N2.C4H10.2C2H6.CH4O/c1-7-9-16-12-14(5)20(21-15(16)6)17-10-11-19(13(3)4)22-18(17)8-2;1-3-4-2;3*1-2/h7,9-13H,8H2,1-6H3;3-4H2,1-2H3;2*1-2H3;2H,1H3/b9-7-;;;;. The van der Waals surface area contributed by atoms with Crippen LogP contribution >= 0.6 is 0 Å². The highest BCUT2D eigenvalue weighted by molar-refractivity contribution is 5.68. The van der Waals surface area contributed by atoms with Gasteiger partial charge in [-0.2, -0.15) is 0 Å². The number of aromatic nitrogens is 2. The van der Waals surface area contributed by atoms with Crippen LogP contribution in [-0.2, 0) is 6.42 Å². The first-order valence-electron chi connectivity index (χ1n) is 12.4. The average Bonchev–Trinajstić information content (AvgIpc) is 2.85. The van der Waals surface area contributed by atoms with Crippen LogP contribution in [0, 0.1) is 13.8 Å². The summed E-state index contributed by atoms with van der Waals surface area (Å²) >= 11 is 0. The lowest BCUT2D eigenvalue weighted by Gasteiger charge is -2.14. The van der Waals surface area contributed by atoms with E-state index in [1.807, 2.05) is 34.6 Å². The summed E-state index contributed by atoms with van der Waals surface area (Å²) in [5.41, 5.74) is 7.97. The zero-order valence-corrected chi connectivity index (χ0v) is 23.4. The van der Waals surface area contributed by atoms with Crippen molar-refractivity contribution in [3.63, 3.8) is 0 Å². The molecule has 0 saturated heterocycles. The van der Waals surface area contributed by atoms with Gasteiger partial charge in [0.05, 0.1) is 5.69 Å². The molecular weight excluding hydrogens is 392 g/mol. The maximum Gasteiger partial charge on any atom is 0.0753 e. The highest BCUT2D eigenvalue weighted by atomic mass is 16.2. The third-order valence-electron chi connectivity index (χ3n) is 4.47. The molecule has 0 unspecified atom stereocenters. The van der Waals surface area contributed by atoms with Gasteiger partial charge >= 0.3 is 0 Å². The van der Waals surface area contributed by atoms with E-state index in [2.05, 4.69) is 78.8 Å². The van der Waals surface area contributed by atoms with E-state index in [0.29, 0.717) is 5.92 Å². The number of rotatable bonds is 5. The van der Waals surface area contributed by atoms with Crippen LogP contribution in [-0.4, -0.2) is 22.2 Å². The summed E-state index contributed by atoms with van der Waals surface area (Å²) in [5.74, 6) is 0.451. The molecule has 1 N–H and O–H groups in total. The molecule has 184 valence electrons. The monoisotopic (exact) mass is 444 g/mol. The minimum absolute atomic E-state index is 0.451. The third kappa shape index (κ3) is 12.1. The van der Waals surface area contributed by atoms with E-state index in [0.717, 1.165) is 36.3 Å². The maximum absolute atomic E-state index is 7.00. The Hall–Kier alpha value is -2.00. The Balaban J connectivity index is -0.000000727. The quantitative estimate of drug-likeness (QED) is 0.500. The molecule has 0 atom stereocenters. The first-order chi connectivity index (χ1) is 15.4. The molecule has 0 aliphatic rings. The van der Waals surface area contributed by atoms with Gasteiger partial charge in [0.1, 0.15) is 0 Å². The van der Waals surface area contributed by atoms with Gasteiger partial charge in [-0.15, -0.1) is 0 Å². The number of aliphatic hydroxyl groups is 1. The number of allylic oxidation sites excluding steroid dienone is 1. The van der Waals surface area contributed by atoms with Gasteiger partial charge in [-0.1, -0.05) is 87.3 Å². The highest BCUT2D eigenvalue weighted by Gasteiger charge is 2.13. The lowest BCUT2D eigenvalue weighted by Crippen LogP contribution is -2.02. The van der Waals surface area contributed by atoms with Crippen molar-refractivity contribution < 1.29 is 5.11 Å². The van der Waals surface area contributed by atoms with Gasteiger partial charge < -0.3 is 5.11 Å². The van der Waals surface area contributed by atoms with Crippen molar-refractivity contribution in [2.45, 2.75) is 108 Å². The number of hydrogen-bond acceptors (Lipinski definition) is 3. The van der Waals surface area contributed by atoms with Crippen LogP contribution in [0.1, 0.15) is 116 Å². The second kappa shape index (κ2) is 22.2. The summed E-state index contributed by atoms with van der Waals surface area (Å²) in [6, 6.07) is 6.54. The second-order valence-electron chi connectivity index (χ2n) is 7.07. The lowest BCUT2D eigenvalue weighted by atomic mass is 9.99. The maximum atomic E-state index is 7.00. The Morgan fingerprint density at radius 1 is 0.906 bits per heavy atom. The van der Waals surface area contributed by atoms with Crippen LogP contribution in [0.15, 0.2) is 24.3 Å². The molecule has 2 heterocycles. The van der Waals surface area contributed by atoms with E-state index in [9.17, 15) is 0 Å². The molecular formula is C29H52N2O. The molecule has 2 rings (SSSR count). The summed E-state index contributed by atoms with van der Waals surface area (Å²) in [4.78, 5) is 9.70. The van der Waals surface area contributed by atoms with E-state index in [1.54, 1.807) is 0 Å². The predicted octanol–water partition coefficient (Wildman–Crippen LogP) is 8.95. The van der Waals surface area contributed by atoms with Gasteiger partial charge in [0, 0.05) is 29.8 Å². The zero-order chi connectivity index (χ0) is 25.7. The fourth-order valence-corrected chi connectivity index (χ4v) is 2.67. The third-order valence-corrected chi connectivity index (χ3v) is 4.47. The summed E-state index contributed by atoms with van der Waals surface area (Å²) in [6.45, 7) is 25.1. The number of aryl methyl sites for hydroxylation is 3. The van der Waals surface area contributed by atoms with Crippen molar-refractivity contribution in [2.75, 3.05) is 7.11 Å². The topological polar surface area (TPSA) is 46.0 Å². The van der Waals surface area contributed by atoms with Crippen molar-refractivity contribution in [1.29, 1.82) is 0 Å². The molecule has 0 saturated carbocycles. The van der Waals surface area contributed by atoms with Crippen molar-refractivity contribution in [3.05, 3.63) is 52.5 Å². The second-order valence-corrected chi connectivity index (χ2v) is 7.07. The number of hydrogen-bond donors (Lipinski definition) is 1. The molecule has 0 amide bonds. The summed E-state index contributed by atoms with van der Waals surface area (Å²) in [7, 11) is 1.00. The Morgan fingerprint density at radius 2 is 1.44 bits per heavy atom. The first kappa shape index (κ1) is 34.6. The number of pyridine rings is 2. The van der Waals surface area contributed by atoms with Crippen molar-refractivity contribution in [3.8, 4) is 11.3 Å². The minimum atomic E-state index is 0.451. The predicted molar refractivity (Wildman–Crippen MR) is 147 cm³/mol. The molecule has 0 fully saturated rings. The van der Waals surface area contributed by atoms with Crippen molar-refractivity contribution >= 4 is 6.08 Å². The van der Waals surface area contributed by atoms with E-state index in [4.69, 9.17) is 15.1 Å². The van der Waals surface area contributed by atoms with Gasteiger partial charge in [0.15, 0.2) is 0 Å². The Kier molecular flexibility index (Phi) is 24.0. The summed E-state index contributed by atoms with van der Waals surface area (Å²) in [5, 5.41) is 7.00. The Morgan fingerprint density at radius 3 is 1.84 bits per heavy atom. The molecule has 2 aromatic heterocycles. The van der Waals surface area contributed by atoms with E-state index >= 15 is 0 Å². The summed E-state index contributed by atoms with van der Waals surface area (Å²) in [6.07, 6.45) is 7.73. The van der Waals surface area contributed by atoms with Gasteiger partial charge in [-0.05, 0) is 62.4 Å². The van der Waals surface area contributed by atoms with Crippen molar-refractivity contribution in [2.24, 2.45) is 0 Å². The molecule has 3 heteroatoms. The van der Waals surface area contributed by atoms with Gasteiger partial charge in [0.2, 0.25) is 0 Å². The zero-order valence-electron chi connectivity index (χ0n) is 23.4. The van der Waals surface area contributed by atoms with E-state index < -0.39 is 0 Å². The molecule has 0 bridgehead atoms. The van der Waals surface area contributed by atoms with Crippen molar-refractivity contribution in [1.82, 2.24) is 9.97 Å². The molecule has 3 nitrogen and oxygen atoms in total. The minimum Gasteiger partial charge on any atom is -0.400 e. The van der Waals surface area contributed by atoms with Gasteiger partial charge in [-0.3, -0.25) is 9.97 Å². The van der Waals surface area contributed by atoms with Crippen LogP contribution in [0.5, 0.6) is 0 Å². The largest absolute Gasteiger partial charge is 0.400 e. The Bertz CT molecular complexity index is 732. The SMILES string of the molecule is C/C=C\c1cc(C)c(-c2ccc(C(C)C)nc2CC)nc1C.CC.CC.CCCC.CO.